The van der Waals surface area contributed by atoms with E-state index in [4.69, 9.17) is 9.47 Å². The van der Waals surface area contributed by atoms with Crippen molar-refractivity contribution in [2.24, 2.45) is 0 Å². The summed E-state index contributed by atoms with van der Waals surface area (Å²) in [5.74, 6) is 1.73. The van der Waals surface area contributed by atoms with Gasteiger partial charge in [0.2, 0.25) is 0 Å². The Morgan fingerprint density at radius 2 is 2.20 bits per heavy atom. The highest BCUT2D eigenvalue weighted by atomic mass is 32.2. The van der Waals surface area contributed by atoms with Crippen LogP contribution in [0.2, 0.25) is 0 Å². The molecule has 1 aromatic rings. The Kier molecular flexibility index (Phi) is 4.88. The van der Waals surface area contributed by atoms with Crippen molar-refractivity contribution in [3.05, 3.63) is 23.8 Å². The SMILES string of the molecule is CCNCc1ccc(OC)cc1OC1CCS(=O)(=O)C1. The number of benzene rings is 1. The number of rotatable bonds is 6. The van der Waals surface area contributed by atoms with E-state index in [-0.39, 0.29) is 17.6 Å². The highest BCUT2D eigenvalue weighted by Crippen LogP contribution is 2.28. The molecule has 0 spiro atoms. The Labute approximate surface area is 120 Å². The second-order valence-electron chi connectivity index (χ2n) is 4.90. The molecule has 112 valence electrons. The van der Waals surface area contributed by atoms with Gasteiger partial charge in [-0.15, -0.1) is 0 Å². The third-order valence-electron chi connectivity index (χ3n) is 3.32. The molecular formula is C14H21NO4S. The topological polar surface area (TPSA) is 64.6 Å². The summed E-state index contributed by atoms with van der Waals surface area (Å²) in [6.07, 6.45) is 0.299. The molecule has 1 aromatic carbocycles. The summed E-state index contributed by atoms with van der Waals surface area (Å²) < 4.78 is 34.1. The average Bonchev–Trinajstić information content (AvgIpc) is 2.76. The molecule has 0 aromatic heterocycles. The van der Waals surface area contributed by atoms with Crippen molar-refractivity contribution in [1.82, 2.24) is 5.32 Å². The molecule has 1 saturated heterocycles. The highest BCUT2D eigenvalue weighted by Gasteiger charge is 2.29. The second-order valence-corrected chi connectivity index (χ2v) is 7.13. The van der Waals surface area contributed by atoms with Gasteiger partial charge in [0.25, 0.3) is 0 Å². The van der Waals surface area contributed by atoms with E-state index in [1.165, 1.54) is 0 Å². The summed E-state index contributed by atoms with van der Waals surface area (Å²) in [6.45, 7) is 3.59. The lowest BCUT2D eigenvalue weighted by Gasteiger charge is -2.17. The smallest absolute Gasteiger partial charge is 0.154 e. The van der Waals surface area contributed by atoms with Gasteiger partial charge < -0.3 is 14.8 Å². The van der Waals surface area contributed by atoms with Gasteiger partial charge in [0.05, 0.1) is 18.6 Å². The monoisotopic (exact) mass is 299 g/mol. The fourth-order valence-corrected chi connectivity index (χ4v) is 3.80. The number of nitrogens with one attached hydrogen (secondary N) is 1. The molecule has 1 fully saturated rings. The van der Waals surface area contributed by atoms with Crippen LogP contribution in [-0.2, 0) is 16.4 Å². The standard InChI is InChI=1S/C14H21NO4S/c1-3-15-9-11-4-5-12(18-2)8-14(11)19-13-6-7-20(16,17)10-13/h4-5,8,13,15H,3,6-7,9-10H2,1-2H3. The van der Waals surface area contributed by atoms with Crippen LogP contribution in [0.15, 0.2) is 18.2 Å². The van der Waals surface area contributed by atoms with Crippen LogP contribution in [-0.4, -0.2) is 39.7 Å². The lowest BCUT2D eigenvalue weighted by molar-refractivity contribution is 0.225. The van der Waals surface area contributed by atoms with Gasteiger partial charge in [-0.25, -0.2) is 8.42 Å². The summed E-state index contributed by atoms with van der Waals surface area (Å²) in [7, 11) is -1.33. The molecule has 0 amide bonds. The number of ether oxygens (including phenoxy) is 2. The summed E-state index contributed by atoms with van der Waals surface area (Å²) in [5, 5.41) is 3.24. The van der Waals surface area contributed by atoms with Crippen LogP contribution in [0.25, 0.3) is 0 Å². The molecule has 1 unspecified atom stereocenters. The molecule has 1 aliphatic rings. The Hall–Kier alpha value is -1.27. The first-order chi connectivity index (χ1) is 9.54. The van der Waals surface area contributed by atoms with Crippen molar-refractivity contribution < 1.29 is 17.9 Å². The van der Waals surface area contributed by atoms with Gasteiger partial charge >= 0.3 is 0 Å². The maximum atomic E-state index is 11.5. The van der Waals surface area contributed by atoms with Crippen LogP contribution in [0.1, 0.15) is 18.9 Å². The van der Waals surface area contributed by atoms with E-state index in [9.17, 15) is 8.42 Å². The molecular weight excluding hydrogens is 278 g/mol. The molecule has 1 atom stereocenters. The normalized spacial score (nSPS) is 20.8. The summed E-state index contributed by atoms with van der Waals surface area (Å²) in [4.78, 5) is 0. The lowest BCUT2D eigenvalue weighted by Crippen LogP contribution is -2.20. The van der Waals surface area contributed by atoms with Crippen molar-refractivity contribution in [2.75, 3.05) is 25.2 Å². The minimum absolute atomic E-state index is 0.102. The minimum Gasteiger partial charge on any atom is -0.497 e. The quantitative estimate of drug-likeness (QED) is 0.859. The van der Waals surface area contributed by atoms with Gasteiger partial charge in [0, 0.05) is 18.2 Å². The van der Waals surface area contributed by atoms with E-state index in [1.54, 1.807) is 7.11 Å². The van der Waals surface area contributed by atoms with Crippen LogP contribution in [0.3, 0.4) is 0 Å². The van der Waals surface area contributed by atoms with E-state index in [1.807, 2.05) is 25.1 Å². The first kappa shape index (κ1) is 15.1. The molecule has 1 aliphatic heterocycles. The number of hydrogen-bond donors (Lipinski definition) is 1. The summed E-state index contributed by atoms with van der Waals surface area (Å²) in [6, 6.07) is 5.64. The van der Waals surface area contributed by atoms with Crippen LogP contribution >= 0.6 is 0 Å². The maximum Gasteiger partial charge on any atom is 0.154 e. The number of hydrogen-bond acceptors (Lipinski definition) is 5. The van der Waals surface area contributed by atoms with Gasteiger partial charge in [-0.05, 0) is 19.0 Å². The minimum atomic E-state index is -2.93. The molecule has 1 heterocycles. The van der Waals surface area contributed by atoms with Gasteiger partial charge in [0.15, 0.2) is 9.84 Å². The third kappa shape index (κ3) is 3.86. The zero-order chi connectivity index (χ0) is 14.6. The molecule has 0 saturated carbocycles. The van der Waals surface area contributed by atoms with Crippen molar-refractivity contribution in [2.45, 2.75) is 26.0 Å². The Morgan fingerprint density at radius 1 is 1.40 bits per heavy atom. The molecule has 0 bridgehead atoms. The molecule has 2 rings (SSSR count). The molecule has 20 heavy (non-hydrogen) atoms. The Morgan fingerprint density at radius 3 is 2.80 bits per heavy atom. The molecule has 1 N–H and O–H groups in total. The largest absolute Gasteiger partial charge is 0.497 e. The first-order valence-electron chi connectivity index (χ1n) is 6.79. The van der Waals surface area contributed by atoms with Gasteiger partial charge in [-0.2, -0.15) is 0 Å². The van der Waals surface area contributed by atoms with Crippen LogP contribution in [0.4, 0.5) is 0 Å². The zero-order valence-electron chi connectivity index (χ0n) is 11.9. The van der Waals surface area contributed by atoms with Crippen molar-refractivity contribution in [3.8, 4) is 11.5 Å². The Bertz CT molecular complexity index is 556. The number of methoxy groups -OCH3 is 1. The zero-order valence-corrected chi connectivity index (χ0v) is 12.7. The molecule has 5 nitrogen and oxygen atoms in total. The molecule has 6 heteroatoms. The van der Waals surface area contributed by atoms with Gasteiger partial charge in [-0.3, -0.25) is 0 Å². The summed E-state index contributed by atoms with van der Waals surface area (Å²) >= 11 is 0. The van der Waals surface area contributed by atoms with E-state index < -0.39 is 9.84 Å². The molecule has 0 aliphatic carbocycles. The fourth-order valence-electron chi connectivity index (χ4n) is 2.21. The van der Waals surface area contributed by atoms with E-state index >= 15 is 0 Å². The van der Waals surface area contributed by atoms with E-state index in [2.05, 4.69) is 5.32 Å². The van der Waals surface area contributed by atoms with Crippen molar-refractivity contribution >= 4 is 9.84 Å². The van der Waals surface area contributed by atoms with Gasteiger partial charge in [-0.1, -0.05) is 13.0 Å². The van der Waals surface area contributed by atoms with Gasteiger partial charge in [0.1, 0.15) is 17.6 Å². The second kappa shape index (κ2) is 6.45. The third-order valence-corrected chi connectivity index (χ3v) is 5.06. The van der Waals surface area contributed by atoms with Crippen molar-refractivity contribution in [1.29, 1.82) is 0 Å². The maximum absolute atomic E-state index is 11.5. The lowest BCUT2D eigenvalue weighted by atomic mass is 10.2. The number of sulfone groups is 1. The van der Waals surface area contributed by atoms with Crippen molar-refractivity contribution in [3.63, 3.8) is 0 Å². The highest BCUT2D eigenvalue weighted by molar-refractivity contribution is 7.91. The van der Waals surface area contributed by atoms with Crippen LogP contribution < -0.4 is 14.8 Å². The molecule has 0 radical (unpaired) electrons. The average molecular weight is 299 g/mol. The van der Waals surface area contributed by atoms with E-state index in [0.29, 0.717) is 24.5 Å². The Balaban J connectivity index is 2.15. The van der Waals surface area contributed by atoms with E-state index in [0.717, 1.165) is 12.1 Å². The fraction of sp³-hybridized carbons (Fsp3) is 0.571. The predicted molar refractivity (Wildman–Crippen MR) is 78.1 cm³/mol. The predicted octanol–water partition coefficient (Wildman–Crippen LogP) is 1.37. The van der Waals surface area contributed by atoms with Crippen LogP contribution in [0, 0.1) is 0 Å². The van der Waals surface area contributed by atoms with Crippen LogP contribution in [0.5, 0.6) is 11.5 Å². The summed E-state index contributed by atoms with van der Waals surface area (Å²) in [5.41, 5.74) is 1.01. The first-order valence-corrected chi connectivity index (χ1v) is 8.61.